The van der Waals surface area contributed by atoms with Gasteiger partial charge in [0, 0.05) is 23.0 Å². The fraction of sp³-hybridized carbons (Fsp3) is 0.650. The molecule has 0 amide bonds. The van der Waals surface area contributed by atoms with E-state index in [9.17, 15) is 4.55 Å². The standard InChI is InChI=1S/C20H33BrN2O2SSi/c1-19(2,3)27(6,7)25-15-11-14(12-15)13-16(20(4,5)26(22)24)17-9-8-10-18(21)23-17/h8-10,13-15H,11-12,22H2,1-7H3/t14-,15+,26?. The van der Waals surface area contributed by atoms with Gasteiger partial charge in [0.2, 0.25) is 0 Å². The summed E-state index contributed by atoms with van der Waals surface area (Å²) >= 11 is 1.94. The molecule has 1 atom stereocenters. The predicted molar refractivity (Wildman–Crippen MR) is 121 cm³/mol. The second-order valence-electron chi connectivity index (χ2n) is 9.47. The predicted octanol–water partition coefficient (Wildman–Crippen LogP) is 5.43. The molecule has 1 fully saturated rings. The van der Waals surface area contributed by atoms with Crippen LogP contribution in [0, 0.1) is 5.92 Å². The van der Waals surface area contributed by atoms with E-state index in [-0.39, 0.29) is 5.04 Å². The van der Waals surface area contributed by atoms with Crippen LogP contribution in [0.25, 0.3) is 5.57 Å². The van der Waals surface area contributed by atoms with Crippen LogP contribution in [0.1, 0.15) is 53.2 Å². The van der Waals surface area contributed by atoms with Crippen LogP contribution >= 0.6 is 15.9 Å². The molecule has 1 heterocycles. The van der Waals surface area contributed by atoms with Gasteiger partial charge in [-0.2, -0.15) is 5.14 Å². The van der Waals surface area contributed by atoms with Gasteiger partial charge in [-0.3, -0.25) is 0 Å². The summed E-state index contributed by atoms with van der Waals surface area (Å²) in [6, 6.07) is 5.79. The van der Waals surface area contributed by atoms with E-state index in [0.717, 1.165) is 28.7 Å². The zero-order valence-corrected chi connectivity index (χ0v) is 20.9. The molecule has 2 N–H and O–H groups in total. The van der Waals surface area contributed by atoms with Gasteiger partial charge in [-0.25, -0.2) is 4.98 Å². The first-order chi connectivity index (χ1) is 12.2. The molecule has 0 spiro atoms. The summed E-state index contributed by atoms with van der Waals surface area (Å²) in [4.78, 5) is 4.58. The van der Waals surface area contributed by atoms with Crippen LogP contribution in [0.2, 0.25) is 18.1 Å². The molecule has 152 valence electrons. The normalized spacial score (nSPS) is 23.1. The highest BCUT2D eigenvalue weighted by atomic mass is 79.9. The number of hydrogen-bond donors (Lipinski definition) is 1. The fourth-order valence-electron chi connectivity index (χ4n) is 2.93. The Labute approximate surface area is 176 Å². The van der Waals surface area contributed by atoms with Gasteiger partial charge in [-0.15, -0.1) is 0 Å². The maximum atomic E-state index is 12.2. The van der Waals surface area contributed by atoms with Crippen LogP contribution in [0.3, 0.4) is 0 Å². The van der Waals surface area contributed by atoms with Crippen molar-refractivity contribution < 1.29 is 8.98 Å². The second-order valence-corrected chi connectivity index (χ2v) is 16.6. The minimum absolute atomic E-state index is 0.220. The monoisotopic (exact) mass is 472 g/mol. The fourth-order valence-corrected chi connectivity index (χ4v) is 5.04. The summed E-state index contributed by atoms with van der Waals surface area (Å²) in [5, 5.41) is 6.03. The molecule has 1 unspecified atom stereocenters. The Balaban J connectivity index is 2.18. The molecule has 0 aliphatic heterocycles. The topological polar surface area (TPSA) is 71.2 Å². The number of rotatable bonds is 6. The lowest BCUT2D eigenvalue weighted by Crippen LogP contribution is -2.47. The van der Waals surface area contributed by atoms with Crippen LogP contribution in [-0.4, -0.2) is 28.7 Å². The van der Waals surface area contributed by atoms with Gasteiger partial charge in [0.25, 0.3) is 0 Å². The van der Waals surface area contributed by atoms with Crippen LogP contribution < -0.4 is 5.14 Å². The average Bonchev–Trinajstić information content (AvgIpc) is 2.47. The molecule has 0 aromatic carbocycles. The second kappa shape index (κ2) is 8.28. The van der Waals surface area contributed by atoms with Crippen molar-refractivity contribution in [3.8, 4) is 0 Å². The van der Waals surface area contributed by atoms with Gasteiger partial charge in [-0.05, 0) is 78.8 Å². The van der Waals surface area contributed by atoms with E-state index in [0.29, 0.717) is 12.0 Å². The molecule has 0 bridgehead atoms. The molecule has 1 aromatic rings. The van der Waals surface area contributed by atoms with Crippen LogP contribution in [-0.2, 0) is 15.8 Å². The highest BCUT2D eigenvalue weighted by molar-refractivity contribution is 9.10. The first-order valence-corrected chi connectivity index (χ1v) is 14.3. The van der Waals surface area contributed by atoms with Crippen molar-refractivity contribution in [2.45, 2.75) is 76.4 Å². The lowest BCUT2D eigenvalue weighted by molar-refractivity contribution is 0.0726. The molecular weight excluding hydrogens is 440 g/mol. The van der Waals surface area contributed by atoms with Gasteiger partial charge < -0.3 is 8.98 Å². The van der Waals surface area contributed by atoms with E-state index in [1.54, 1.807) is 0 Å². The minimum Gasteiger partial charge on any atom is -0.598 e. The highest BCUT2D eigenvalue weighted by Gasteiger charge is 2.43. The summed E-state index contributed by atoms with van der Waals surface area (Å²) in [6.07, 6.45) is 4.52. The number of pyridine rings is 1. The third-order valence-corrected chi connectivity index (χ3v) is 12.1. The van der Waals surface area contributed by atoms with Crippen molar-refractivity contribution in [2.24, 2.45) is 11.1 Å². The number of aromatic nitrogens is 1. The third-order valence-electron chi connectivity index (χ3n) is 5.94. The summed E-state index contributed by atoms with van der Waals surface area (Å²) < 4.78 is 18.8. The Bertz CT molecular complexity index is 695. The Morgan fingerprint density at radius 1 is 1.30 bits per heavy atom. The molecule has 1 aliphatic carbocycles. The average molecular weight is 474 g/mol. The largest absolute Gasteiger partial charge is 0.598 e. The van der Waals surface area contributed by atoms with E-state index in [1.165, 1.54) is 0 Å². The SMILES string of the molecule is CC(C)(C(=C[C@H]1C[C@@H](O[Si](C)(C)C(C)(C)C)C1)c1cccc(Br)n1)[S+](N)[O-]. The molecule has 1 aromatic heterocycles. The summed E-state index contributed by atoms with van der Waals surface area (Å²) in [5.41, 5.74) is 1.77. The quantitative estimate of drug-likeness (QED) is 0.340. The minimum atomic E-state index is -1.74. The third kappa shape index (κ3) is 5.45. The van der Waals surface area contributed by atoms with Crippen LogP contribution in [0.4, 0.5) is 0 Å². The van der Waals surface area contributed by atoms with Gasteiger partial charge in [-0.1, -0.05) is 32.9 Å². The molecule has 0 radical (unpaired) electrons. The number of halogens is 1. The Kier molecular flexibility index (Phi) is 7.09. The van der Waals surface area contributed by atoms with Crippen molar-refractivity contribution in [3.05, 3.63) is 34.6 Å². The Hall–Kier alpha value is -0.183. The molecule has 7 heteroatoms. The van der Waals surface area contributed by atoms with Crippen molar-refractivity contribution in [1.82, 2.24) is 4.98 Å². The number of hydrogen-bond acceptors (Lipinski definition) is 4. The maximum Gasteiger partial charge on any atom is 0.192 e. The summed E-state index contributed by atoms with van der Waals surface area (Å²) in [5.74, 6) is 0.401. The highest BCUT2D eigenvalue weighted by Crippen LogP contribution is 2.43. The zero-order chi connectivity index (χ0) is 20.6. The molecule has 27 heavy (non-hydrogen) atoms. The van der Waals surface area contributed by atoms with Crippen molar-refractivity contribution in [1.29, 1.82) is 0 Å². The Morgan fingerprint density at radius 2 is 1.89 bits per heavy atom. The van der Waals surface area contributed by atoms with Crippen molar-refractivity contribution >= 4 is 41.2 Å². The van der Waals surface area contributed by atoms with Crippen LogP contribution in [0.5, 0.6) is 0 Å². The van der Waals surface area contributed by atoms with Gasteiger partial charge in [0.15, 0.2) is 13.1 Å². The van der Waals surface area contributed by atoms with Crippen molar-refractivity contribution in [2.75, 3.05) is 0 Å². The molecule has 1 saturated carbocycles. The molecular formula is C20H33BrN2O2SSi. The van der Waals surface area contributed by atoms with E-state index in [2.05, 4.69) is 60.9 Å². The lowest BCUT2D eigenvalue weighted by atomic mass is 9.79. The first kappa shape index (κ1) is 23.1. The van der Waals surface area contributed by atoms with Crippen LogP contribution in [0.15, 0.2) is 28.9 Å². The molecule has 2 rings (SSSR count). The number of nitrogens with two attached hydrogens (primary N) is 1. The van der Waals surface area contributed by atoms with E-state index in [4.69, 9.17) is 9.56 Å². The molecule has 0 saturated heterocycles. The van der Waals surface area contributed by atoms with Gasteiger partial charge in [0.05, 0.1) is 5.69 Å². The maximum absolute atomic E-state index is 12.2. The lowest BCUT2D eigenvalue weighted by Gasteiger charge is -2.44. The number of allylic oxidation sites excluding steroid dienone is 1. The summed E-state index contributed by atoms with van der Waals surface area (Å²) in [6.45, 7) is 15.2. The smallest absolute Gasteiger partial charge is 0.192 e. The van der Waals surface area contributed by atoms with E-state index >= 15 is 0 Å². The molecule has 4 nitrogen and oxygen atoms in total. The van der Waals surface area contributed by atoms with E-state index in [1.807, 2.05) is 32.0 Å². The number of nitrogens with zero attached hydrogens (tertiary/aromatic N) is 1. The van der Waals surface area contributed by atoms with Crippen molar-refractivity contribution in [3.63, 3.8) is 0 Å². The van der Waals surface area contributed by atoms with Gasteiger partial charge >= 0.3 is 0 Å². The first-order valence-electron chi connectivity index (χ1n) is 9.43. The summed E-state index contributed by atoms with van der Waals surface area (Å²) in [7, 11) is -1.74. The zero-order valence-electron chi connectivity index (χ0n) is 17.5. The van der Waals surface area contributed by atoms with Gasteiger partial charge in [0.1, 0.15) is 4.60 Å². The molecule has 1 aliphatic rings. The Morgan fingerprint density at radius 3 is 2.37 bits per heavy atom. The van der Waals surface area contributed by atoms with E-state index < -0.39 is 24.4 Å².